The first-order chi connectivity index (χ1) is 15.3. The fourth-order valence-corrected chi connectivity index (χ4v) is 4.65. The molecule has 9 heteroatoms. The molecule has 3 heterocycles. The van der Waals surface area contributed by atoms with Gasteiger partial charge in [0.05, 0.1) is 22.1 Å². The SMILES string of the molecule is Cc1nccc2c1ccn2C1C=C(CCc2cc(F)c3cc(Cl)c(N)nc3c2)C(O)C1O.Cl. The van der Waals surface area contributed by atoms with Crippen molar-refractivity contribution in [2.24, 2.45) is 0 Å². The van der Waals surface area contributed by atoms with E-state index in [0.717, 1.165) is 27.7 Å². The Labute approximate surface area is 200 Å². The highest BCUT2D eigenvalue weighted by molar-refractivity contribution is 6.33. The zero-order chi connectivity index (χ0) is 22.6. The first-order valence-electron chi connectivity index (χ1n) is 10.4. The van der Waals surface area contributed by atoms with Crippen LogP contribution in [0.5, 0.6) is 0 Å². The van der Waals surface area contributed by atoms with Crippen molar-refractivity contribution < 1.29 is 14.6 Å². The van der Waals surface area contributed by atoms with E-state index in [4.69, 9.17) is 17.3 Å². The van der Waals surface area contributed by atoms with Gasteiger partial charge in [0.2, 0.25) is 0 Å². The van der Waals surface area contributed by atoms with E-state index in [1.54, 1.807) is 12.3 Å². The predicted octanol–water partition coefficient (Wildman–Crippen LogP) is 4.53. The quantitative estimate of drug-likeness (QED) is 0.366. The maximum atomic E-state index is 14.6. The van der Waals surface area contributed by atoms with Gasteiger partial charge in [0, 0.05) is 28.9 Å². The largest absolute Gasteiger partial charge is 0.388 e. The number of aromatic nitrogens is 3. The van der Waals surface area contributed by atoms with Gasteiger partial charge in [0.1, 0.15) is 23.8 Å². The van der Waals surface area contributed by atoms with Gasteiger partial charge >= 0.3 is 0 Å². The molecule has 172 valence electrons. The minimum atomic E-state index is -0.988. The van der Waals surface area contributed by atoms with Crippen LogP contribution < -0.4 is 5.73 Å². The minimum Gasteiger partial charge on any atom is -0.388 e. The Bertz CT molecular complexity index is 1390. The predicted molar refractivity (Wildman–Crippen MR) is 130 cm³/mol. The van der Waals surface area contributed by atoms with E-state index in [1.165, 1.54) is 12.1 Å². The second-order valence-electron chi connectivity index (χ2n) is 8.22. The summed E-state index contributed by atoms with van der Waals surface area (Å²) in [5.41, 5.74) is 9.50. The Morgan fingerprint density at radius 1 is 1.15 bits per heavy atom. The number of nitrogens with zero attached hydrogens (tertiary/aromatic N) is 3. The van der Waals surface area contributed by atoms with E-state index >= 15 is 0 Å². The molecule has 3 aromatic heterocycles. The van der Waals surface area contributed by atoms with Crippen molar-refractivity contribution in [2.75, 3.05) is 5.73 Å². The third kappa shape index (κ3) is 4.06. The number of pyridine rings is 2. The van der Waals surface area contributed by atoms with Gasteiger partial charge in [-0.1, -0.05) is 17.7 Å². The van der Waals surface area contributed by atoms with Crippen LogP contribution in [0.2, 0.25) is 5.02 Å². The maximum absolute atomic E-state index is 14.6. The number of benzene rings is 1. The molecule has 5 rings (SSSR count). The number of nitrogens with two attached hydrogens (primary N) is 1. The topological polar surface area (TPSA) is 97.2 Å². The molecular weight excluding hydrogens is 466 g/mol. The van der Waals surface area contributed by atoms with Gasteiger partial charge in [-0.2, -0.15) is 0 Å². The molecule has 0 saturated heterocycles. The van der Waals surface area contributed by atoms with Crippen LogP contribution in [0.4, 0.5) is 10.2 Å². The van der Waals surface area contributed by atoms with Crippen LogP contribution in [0.3, 0.4) is 0 Å². The van der Waals surface area contributed by atoms with Crippen LogP contribution in [-0.4, -0.2) is 37.0 Å². The molecular formula is C24H23Cl2FN4O2. The van der Waals surface area contributed by atoms with E-state index in [2.05, 4.69) is 9.97 Å². The summed E-state index contributed by atoms with van der Waals surface area (Å²) < 4.78 is 16.5. The molecule has 0 aliphatic heterocycles. The molecule has 0 fully saturated rings. The summed E-state index contributed by atoms with van der Waals surface area (Å²) in [6.07, 6.45) is 4.54. The van der Waals surface area contributed by atoms with E-state index in [-0.39, 0.29) is 23.2 Å². The minimum absolute atomic E-state index is 0. The van der Waals surface area contributed by atoms with Gasteiger partial charge in [0.15, 0.2) is 0 Å². The molecule has 3 unspecified atom stereocenters. The molecule has 0 spiro atoms. The fraction of sp³-hybridized carbons (Fsp3) is 0.250. The van der Waals surface area contributed by atoms with Crippen LogP contribution in [0, 0.1) is 12.7 Å². The molecule has 1 aliphatic rings. The van der Waals surface area contributed by atoms with Crippen molar-refractivity contribution in [2.45, 2.75) is 38.0 Å². The van der Waals surface area contributed by atoms with Gasteiger partial charge in [-0.25, -0.2) is 9.37 Å². The molecule has 0 radical (unpaired) electrons. The van der Waals surface area contributed by atoms with Crippen molar-refractivity contribution in [1.82, 2.24) is 14.5 Å². The monoisotopic (exact) mass is 488 g/mol. The summed E-state index contributed by atoms with van der Waals surface area (Å²) in [6.45, 7) is 1.94. The molecule has 4 aromatic rings. The molecule has 1 aliphatic carbocycles. The summed E-state index contributed by atoms with van der Waals surface area (Å²) in [5, 5.41) is 22.9. The number of hydrogen-bond acceptors (Lipinski definition) is 5. The lowest BCUT2D eigenvalue weighted by Gasteiger charge is -2.20. The number of fused-ring (bicyclic) bond motifs is 2. The molecule has 4 N–H and O–H groups in total. The summed E-state index contributed by atoms with van der Waals surface area (Å²) in [6, 6.07) is 8.16. The number of anilines is 1. The Kier molecular flexibility index (Phi) is 6.33. The Morgan fingerprint density at radius 3 is 2.73 bits per heavy atom. The third-order valence-corrected chi connectivity index (χ3v) is 6.53. The number of nitrogen functional groups attached to an aromatic ring is 1. The summed E-state index contributed by atoms with van der Waals surface area (Å²) in [7, 11) is 0. The zero-order valence-electron chi connectivity index (χ0n) is 17.7. The van der Waals surface area contributed by atoms with Gasteiger partial charge < -0.3 is 20.5 Å². The third-order valence-electron chi connectivity index (χ3n) is 6.23. The highest BCUT2D eigenvalue weighted by Crippen LogP contribution is 2.35. The summed E-state index contributed by atoms with van der Waals surface area (Å²) >= 11 is 5.96. The standard InChI is InChI=1S/C24H22ClFN4O2.ClH/c1-12-15-5-7-30(20(15)4-6-28-12)21-10-14(22(31)23(21)32)3-2-13-8-18(26)16-11-17(25)24(27)29-19(16)9-13;/h4-11,21-23,31-32H,2-3H2,1H3,(H2,27,29);1H. The smallest absolute Gasteiger partial charge is 0.142 e. The molecule has 0 saturated carbocycles. The van der Waals surface area contributed by atoms with Crippen LogP contribution in [0.25, 0.3) is 21.8 Å². The van der Waals surface area contributed by atoms with Crippen molar-refractivity contribution in [3.63, 3.8) is 0 Å². The number of halogens is 3. The van der Waals surface area contributed by atoms with Crippen molar-refractivity contribution >= 4 is 51.6 Å². The molecule has 0 amide bonds. The van der Waals surface area contributed by atoms with Crippen molar-refractivity contribution in [3.05, 3.63) is 76.5 Å². The molecule has 6 nitrogen and oxygen atoms in total. The van der Waals surface area contributed by atoms with E-state index in [0.29, 0.717) is 23.7 Å². The second kappa shape index (κ2) is 8.91. The van der Waals surface area contributed by atoms with Gasteiger partial charge in [-0.3, -0.25) is 4.98 Å². The molecule has 33 heavy (non-hydrogen) atoms. The van der Waals surface area contributed by atoms with E-state index in [9.17, 15) is 14.6 Å². The fourth-order valence-electron chi connectivity index (χ4n) is 4.50. The number of aryl methyl sites for hydroxylation is 2. The maximum Gasteiger partial charge on any atom is 0.142 e. The summed E-state index contributed by atoms with van der Waals surface area (Å²) in [5.74, 6) is -0.270. The molecule has 1 aromatic carbocycles. The number of aliphatic hydroxyl groups is 2. The number of rotatable bonds is 4. The van der Waals surface area contributed by atoms with Crippen molar-refractivity contribution in [3.8, 4) is 0 Å². The lowest BCUT2D eigenvalue weighted by atomic mass is 10.0. The van der Waals surface area contributed by atoms with Crippen LogP contribution in [-0.2, 0) is 6.42 Å². The summed E-state index contributed by atoms with van der Waals surface area (Å²) in [4.78, 5) is 8.49. The molecule has 3 atom stereocenters. The Hall–Kier alpha value is -2.71. The first kappa shape index (κ1) is 23.4. The van der Waals surface area contributed by atoms with Crippen LogP contribution in [0.15, 0.2) is 54.4 Å². The lowest BCUT2D eigenvalue weighted by molar-refractivity contribution is 0.0318. The highest BCUT2D eigenvalue weighted by Gasteiger charge is 2.35. The molecule has 0 bridgehead atoms. The Morgan fingerprint density at radius 2 is 1.94 bits per heavy atom. The van der Waals surface area contributed by atoms with E-state index in [1.807, 2.05) is 35.9 Å². The normalized spacial score (nSPS) is 20.3. The van der Waals surface area contributed by atoms with Crippen molar-refractivity contribution in [1.29, 1.82) is 0 Å². The average Bonchev–Trinajstić information content (AvgIpc) is 3.31. The van der Waals surface area contributed by atoms with Gasteiger partial charge in [0.25, 0.3) is 0 Å². The van der Waals surface area contributed by atoms with Gasteiger partial charge in [-0.15, -0.1) is 12.4 Å². The van der Waals surface area contributed by atoms with Crippen LogP contribution in [0.1, 0.15) is 23.7 Å². The average molecular weight is 489 g/mol. The van der Waals surface area contributed by atoms with E-state index < -0.39 is 24.1 Å². The van der Waals surface area contributed by atoms with Crippen LogP contribution >= 0.6 is 24.0 Å². The number of aliphatic hydroxyl groups excluding tert-OH is 2. The lowest BCUT2D eigenvalue weighted by Crippen LogP contribution is -2.29. The first-order valence-corrected chi connectivity index (χ1v) is 10.7. The second-order valence-corrected chi connectivity index (χ2v) is 8.63. The van der Waals surface area contributed by atoms with Gasteiger partial charge in [-0.05, 0) is 61.2 Å². The number of hydrogen-bond donors (Lipinski definition) is 3. The zero-order valence-corrected chi connectivity index (χ0v) is 19.3. The highest BCUT2D eigenvalue weighted by atomic mass is 35.5. The Balaban J connectivity index is 0.00000259.